The lowest BCUT2D eigenvalue weighted by molar-refractivity contribution is -0.0742. The van der Waals surface area contributed by atoms with Crippen LogP contribution in [0.2, 0.25) is 0 Å². The van der Waals surface area contributed by atoms with Crippen LogP contribution in [0.15, 0.2) is 15.5 Å². The summed E-state index contributed by atoms with van der Waals surface area (Å²) in [6.45, 7) is 3.09. The van der Waals surface area contributed by atoms with E-state index in [0.717, 1.165) is 5.69 Å². The number of carbonyl (C=O) groups is 1. The summed E-state index contributed by atoms with van der Waals surface area (Å²) in [5, 5.41) is 12.1. The number of amides is 1. The zero-order chi connectivity index (χ0) is 15.4. The summed E-state index contributed by atoms with van der Waals surface area (Å²) in [5.41, 5.74) is 3.29. The lowest BCUT2D eigenvalue weighted by atomic mass is 10.1. The van der Waals surface area contributed by atoms with Crippen LogP contribution in [-0.4, -0.2) is 46.6 Å². The first-order valence-electron chi connectivity index (χ1n) is 6.90. The molecule has 22 heavy (non-hydrogen) atoms. The molecule has 1 saturated heterocycles. The Hall–Kier alpha value is -1.84. The summed E-state index contributed by atoms with van der Waals surface area (Å²) in [6.07, 6.45) is 0.456. The number of carbonyl (C=O) groups excluding carboxylic acids is 1. The highest BCUT2D eigenvalue weighted by atomic mass is 32.1. The third-order valence-electron chi connectivity index (χ3n) is 3.42. The van der Waals surface area contributed by atoms with E-state index in [4.69, 9.17) is 9.47 Å². The summed E-state index contributed by atoms with van der Waals surface area (Å²) in [7, 11) is 0. The minimum atomic E-state index is -0.312. The molecule has 3 rings (SSSR count). The summed E-state index contributed by atoms with van der Waals surface area (Å²) in [6, 6.07) is -0.143. The number of aromatic nitrogens is 3. The predicted molar refractivity (Wildman–Crippen MR) is 76.4 cm³/mol. The second-order valence-electron chi connectivity index (χ2n) is 4.97. The second kappa shape index (κ2) is 6.95. The van der Waals surface area contributed by atoms with Crippen LogP contribution in [0.5, 0.6) is 0 Å². The van der Waals surface area contributed by atoms with E-state index in [-0.39, 0.29) is 23.7 Å². The van der Waals surface area contributed by atoms with Crippen LogP contribution in [0.3, 0.4) is 0 Å². The normalized spacial score (nSPS) is 21.7. The zero-order valence-corrected chi connectivity index (χ0v) is 12.8. The summed E-state index contributed by atoms with van der Waals surface area (Å²) >= 11 is 1.52. The van der Waals surface area contributed by atoms with E-state index < -0.39 is 0 Å². The fourth-order valence-electron chi connectivity index (χ4n) is 2.22. The molecule has 1 N–H and O–H groups in total. The van der Waals surface area contributed by atoms with Crippen LogP contribution in [0.25, 0.3) is 0 Å². The minimum absolute atomic E-state index is 0.143. The van der Waals surface area contributed by atoms with Crippen LogP contribution in [0.4, 0.5) is 0 Å². The van der Waals surface area contributed by atoms with Crippen LogP contribution in [0.1, 0.15) is 28.3 Å². The van der Waals surface area contributed by atoms with Gasteiger partial charge in [0.1, 0.15) is 11.8 Å². The number of aryl methyl sites for hydroxylation is 1. The molecule has 1 amide bonds. The highest BCUT2D eigenvalue weighted by Gasteiger charge is 2.29. The smallest absolute Gasteiger partial charge is 0.275 e. The summed E-state index contributed by atoms with van der Waals surface area (Å²) < 4.78 is 15.8. The molecule has 0 aliphatic carbocycles. The molecule has 0 saturated carbocycles. The number of hydrogen-bond acceptors (Lipinski definition) is 8. The Bertz CT molecular complexity index is 615. The van der Waals surface area contributed by atoms with Gasteiger partial charge in [-0.05, 0) is 18.5 Å². The molecule has 1 aliphatic rings. The standard InChI is InChI=1S/C13H16N4O4S/c1-8-12(17-21-16-8)13(18)15-10-2-3-19-5-11(10)20-4-9-6-22-7-14-9/h6-7,10-11H,2-5H2,1H3,(H,15,18)/t10-,11-/m1/s1. The van der Waals surface area contributed by atoms with Gasteiger partial charge in [-0.1, -0.05) is 5.16 Å². The topological polar surface area (TPSA) is 99.4 Å². The van der Waals surface area contributed by atoms with Crippen molar-refractivity contribution in [2.45, 2.75) is 32.1 Å². The van der Waals surface area contributed by atoms with Gasteiger partial charge in [0.2, 0.25) is 0 Å². The number of nitrogens with zero attached hydrogens (tertiary/aromatic N) is 3. The number of rotatable bonds is 5. The van der Waals surface area contributed by atoms with Crippen LogP contribution >= 0.6 is 11.3 Å². The van der Waals surface area contributed by atoms with Gasteiger partial charge < -0.3 is 14.8 Å². The van der Waals surface area contributed by atoms with Gasteiger partial charge in [0.05, 0.1) is 30.5 Å². The van der Waals surface area contributed by atoms with Crippen molar-refractivity contribution in [3.8, 4) is 0 Å². The third kappa shape index (κ3) is 3.49. The molecule has 2 aromatic heterocycles. The first-order valence-corrected chi connectivity index (χ1v) is 7.84. The Labute approximate surface area is 130 Å². The lowest BCUT2D eigenvalue weighted by Crippen LogP contribution is -2.50. The van der Waals surface area contributed by atoms with E-state index in [2.05, 4.69) is 25.2 Å². The van der Waals surface area contributed by atoms with Crippen molar-refractivity contribution in [3.05, 3.63) is 28.0 Å². The van der Waals surface area contributed by atoms with E-state index in [9.17, 15) is 4.79 Å². The third-order valence-corrected chi connectivity index (χ3v) is 4.05. The Morgan fingerprint density at radius 2 is 2.45 bits per heavy atom. The zero-order valence-electron chi connectivity index (χ0n) is 12.0. The van der Waals surface area contributed by atoms with Gasteiger partial charge in [0, 0.05) is 12.0 Å². The van der Waals surface area contributed by atoms with Gasteiger partial charge in [0.25, 0.3) is 5.91 Å². The summed E-state index contributed by atoms with van der Waals surface area (Å²) in [4.78, 5) is 16.4. The fourth-order valence-corrected chi connectivity index (χ4v) is 2.76. The molecule has 9 heteroatoms. The molecule has 0 bridgehead atoms. The quantitative estimate of drug-likeness (QED) is 0.873. The fraction of sp³-hybridized carbons (Fsp3) is 0.538. The van der Waals surface area contributed by atoms with Gasteiger partial charge >= 0.3 is 0 Å². The molecule has 8 nitrogen and oxygen atoms in total. The Morgan fingerprint density at radius 3 is 3.18 bits per heavy atom. The number of nitrogens with one attached hydrogen (secondary N) is 1. The van der Waals surface area contributed by atoms with Crippen molar-refractivity contribution in [2.75, 3.05) is 13.2 Å². The molecule has 1 aliphatic heterocycles. The Morgan fingerprint density at radius 1 is 1.55 bits per heavy atom. The molecule has 3 heterocycles. The number of hydrogen-bond donors (Lipinski definition) is 1. The van der Waals surface area contributed by atoms with Gasteiger partial charge in [-0.2, -0.15) is 0 Å². The minimum Gasteiger partial charge on any atom is -0.379 e. The number of thiazole rings is 1. The molecule has 0 aromatic carbocycles. The SMILES string of the molecule is Cc1nonc1C(=O)N[C@@H]1CCOC[C@H]1OCc1cscn1. The first kappa shape index (κ1) is 15.1. The second-order valence-corrected chi connectivity index (χ2v) is 5.69. The number of ether oxygens (including phenoxy) is 2. The molecule has 0 radical (unpaired) electrons. The first-order chi connectivity index (χ1) is 10.7. The molecular formula is C13H16N4O4S. The van der Waals surface area contributed by atoms with Crippen molar-refractivity contribution < 1.29 is 18.9 Å². The summed E-state index contributed by atoms with van der Waals surface area (Å²) in [5.74, 6) is -0.312. The van der Waals surface area contributed by atoms with E-state index in [0.29, 0.717) is 31.9 Å². The molecule has 1 fully saturated rings. The van der Waals surface area contributed by atoms with Crippen molar-refractivity contribution in [2.24, 2.45) is 0 Å². The maximum atomic E-state index is 12.2. The van der Waals surface area contributed by atoms with Crippen LogP contribution in [-0.2, 0) is 16.1 Å². The molecule has 0 spiro atoms. The van der Waals surface area contributed by atoms with E-state index in [1.54, 1.807) is 12.4 Å². The van der Waals surface area contributed by atoms with Crippen molar-refractivity contribution in [1.29, 1.82) is 0 Å². The van der Waals surface area contributed by atoms with E-state index >= 15 is 0 Å². The lowest BCUT2D eigenvalue weighted by Gasteiger charge is -2.31. The van der Waals surface area contributed by atoms with Crippen LogP contribution in [0, 0.1) is 6.92 Å². The van der Waals surface area contributed by atoms with Crippen molar-refractivity contribution >= 4 is 17.2 Å². The highest BCUT2D eigenvalue weighted by molar-refractivity contribution is 7.07. The van der Waals surface area contributed by atoms with Gasteiger partial charge in [-0.15, -0.1) is 11.3 Å². The van der Waals surface area contributed by atoms with E-state index in [1.165, 1.54) is 11.3 Å². The van der Waals surface area contributed by atoms with Gasteiger partial charge in [0.15, 0.2) is 5.69 Å². The molecule has 0 unspecified atom stereocenters. The average molecular weight is 324 g/mol. The van der Waals surface area contributed by atoms with Crippen molar-refractivity contribution in [3.63, 3.8) is 0 Å². The monoisotopic (exact) mass is 324 g/mol. The molecule has 2 aromatic rings. The predicted octanol–water partition coefficient (Wildman–Crippen LogP) is 0.939. The molecule has 118 valence electrons. The average Bonchev–Trinajstić information content (AvgIpc) is 3.17. The van der Waals surface area contributed by atoms with Crippen LogP contribution < -0.4 is 5.32 Å². The maximum Gasteiger partial charge on any atom is 0.275 e. The Kier molecular flexibility index (Phi) is 4.76. The van der Waals surface area contributed by atoms with Crippen molar-refractivity contribution in [1.82, 2.24) is 20.6 Å². The van der Waals surface area contributed by atoms with Gasteiger partial charge in [-0.3, -0.25) is 4.79 Å². The van der Waals surface area contributed by atoms with Gasteiger partial charge in [-0.25, -0.2) is 9.61 Å². The Balaban J connectivity index is 1.60. The molecular weight excluding hydrogens is 308 g/mol. The molecule has 2 atom stereocenters. The largest absolute Gasteiger partial charge is 0.379 e. The highest BCUT2D eigenvalue weighted by Crippen LogP contribution is 2.15. The van der Waals surface area contributed by atoms with E-state index in [1.807, 2.05) is 5.38 Å². The maximum absolute atomic E-state index is 12.2.